The van der Waals surface area contributed by atoms with Gasteiger partial charge in [-0.15, -0.1) is 10.2 Å². The van der Waals surface area contributed by atoms with Crippen LogP contribution in [0.15, 0.2) is 52.4 Å². The number of hydrogen-bond acceptors (Lipinski definition) is 7. The van der Waals surface area contributed by atoms with Crippen molar-refractivity contribution in [3.8, 4) is 17.0 Å². The zero-order valence-electron chi connectivity index (χ0n) is 19.5. The molecule has 0 saturated heterocycles. The topological polar surface area (TPSA) is 126 Å². The first-order chi connectivity index (χ1) is 16.3. The number of methoxy groups -OCH3 is 1. The Morgan fingerprint density at radius 1 is 1.12 bits per heavy atom. The first-order valence-corrected chi connectivity index (χ1v) is 11.7. The van der Waals surface area contributed by atoms with Gasteiger partial charge >= 0.3 is 0 Å². The van der Waals surface area contributed by atoms with E-state index in [0.717, 1.165) is 17.3 Å². The number of hydrogen-bond donors (Lipinski definition) is 3. The molecule has 1 aromatic heterocycles. The van der Waals surface area contributed by atoms with Crippen LogP contribution in [-0.2, 0) is 9.59 Å². The van der Waals surface area contributed by atoms with Crippen molar-refractivity contribution < 1.29 is 14.3 Å². The number of nitrogens with one attached hydrogen (secondary N) is 3. The number of ether oxygens (including phenoxy) is 1. The first kappa shape index (κ1) is 25.0. The number of carbonyl (C=O) groups excluding carboxylic acids is 2. The Bertz CT molecular complexity index is 1240. The Hall–Kier alpha value is -3.66. The van der Waals surface area contributed by atoms with Gasteiger partial charge in [0, 0.05) is 23.7 Å². The first-order valence-electron chi connectivity index (χ1n) is 10.8. The molecule has 0 aliphatic carbocycles. The monoisotopic (exact) mass is 481 g/mol. The van der Waals surface area contributed by atoms with Crippen LogP contribution in [0.5, 0.6) is 5.75 Å². The Morgan fingerprint density at radius 2 is 1.91 bits per heavy atom. The Morgan fingerprint density at radius 3 is 2.59 bits per heavy atom. The summed E-state index contributed by atoms with van der Waals surface area (Å²) in [5, 5.41) is 13.6. The number of nitrogens with zero attached hydrogens (tertiary/aromatic N) is 2. The van der Waals surface area contributed by atoms with Crippen molar-refractivity contribution in [1.29, 1.82) is 0 Å². The van der Waals surface area contributed by atoms with E-state index in [1.807, 2.05) is 19.9 Å². The predicted molar refractivity (Wildman–Crippen MR) is 133 cm³/mol. The molecular formula is C24H27N5O4S. The number of aryl methyl sites for hydroxylation is 1. The molecule has 0 saturated carbocycles. The van der Waals surface area contributed by atoms with Crippen LogP contribution in [0.3, 0.4) is 0 Å². The van der Waals surface area contributed by atoms with Crippen molar-refractivity contribution in [1.82, 2.24) is 15.2 Å². The molecule has 3 aromatic rings. The molecule has 3 rings (SSSR count). The summed E-state index contributed by atoms with van der Waals surface area (Å²) in [5.74, 6) is 0.236. The quantitative estimate of drug-likeness (QED) is 0.394. The standard InChI is InChI=1S/C24H27N5O4S/c1-5-19(22(31)25-15-8-7-9-16(13-15)33-4)34-24-27-23(32)21(28-29-24)17-12-14(3)10-11-18(17)26-20(30)6-2/h7-13,19H,5-6H2,1-4H3,(H,25,31)(H,26,30)(H,27,29,32)/t19-/m1/s1. The molecule has 0 radical (unpaired) electrons. The molecule has 0 bridgehead atoms. The molecule has 0 aliphatic rings. The Labute approximate surface area is 201 Å². The van der Waals surface area contributed by atoms with Gasteiger partial charge in [0.05, 0.1) is 18.0 Å². The summed E-state index contributed by atoms with van der Waals surface area (Å²) in [7, 11) is 1.56. The number of anilines is 2. The van der Waals surface area contributed by atoms with Crippen molar-refractivity contribution in [3.05, 3.63) is 58.4 Å². The highest BCUT2D eigenvalue weighted by molar-refractivity contribution is 8.00. The fourth-order valence-corrected chi connectivity index (χ4v) is 3.98. The van der Waals surface area contributed by atoms with E-state index in [1.165, 1.54) is 0 Å². The SMILES string of the molecule is CCC(=O)Nc1ccc(C)cc1-c1nnc(S[C@H](CC)C(=O)Nc2cccc(OC)c2)[nH]c1=O. The lowest BCUT2D eigenvalue weighted by atomic mass is 10.1. The summed E-state index contributed by atoms with van der Waals surface area (Å²) >= 11 is 1.12. The van der Waals surface area contributed by atoms with Gasteiger partial charge in [0.2, 0.25) is 11.8 Å². The van der Waals surface area contributed by atoms with Crippen molar-refractivity contribution in [3.63, 3.8) is 0 Å². The maximum atomic E-state index is 12.9. The fraction of sp³-hybridized carbons (Fsp3) is 0.292. The molecule has 0 spiro atoms. The third-order valence-electron chi connectivity index (χ3n) is 4.96. The van der Waals surface area contributed by atoms with Crippen molar-refractivity contribution in [2.45, 2.75) is 44.0 Å². The van der Waals surface area contributed by atoms with Gasteiger partial charge in [-0.3, -0.25) is 19.4 Å². The molecule has 0 fully saturated rings. The Kier molecular flexibility index (Phi) is 8.42. The van der Waals surface area contributed by atoms with Crippen LogP contribution in [0.4, 0.5) is 11.4 Å². The number of amides is 2. The molecule has 1 atom stereocenters. The molecule has 2 amide bonds. The van der Waals surface area contributed by atoms with Crippen LogP contribution in [0.25, 0.3) is 11.3 Å². The smallest absolute Gasteiger partial charge is 0.278 e. The minimum Gasteiger partial charge on any atom is -0.497 e. The summed E-state index contributed by atoms with van der Waals surface area (Å²) in [6.07, 6.45) is 0.818. The summed E-state index contributed by atoms with van der Waals surface area (Å²) in [5.41, 5.74) is 2.12. The van der Waals surface area contributed by atoms with E-state index in [4.69, 9.17) is 4.74 Å². The number of rotatable bonds is 9. The second kappa shape index (κ2) is 11.5. The minimum absolute atomic E-state index is 0.0910. The summed E-state index contributed by atoms with van der Waals surface area (Å²) in [6, 6.07) is 12.4. The number of carbonyl (C=O) groups is 2. The number of aromatic nitrogens is 3. The van der Waals surface area contributed by atoms with Gasteiger partial charge < -0.3 is 15.4 Å². The number of thioether (sulfide) groups is 1. The fourth-order valence-electron chi connectivity index (χ4n) is 3.13. The van der Waals surface area contributed by atoms with Gasteiger partial charge in [-0.05, 0) is 37.6 Å². The molecular weight excluding hydrogens is 454 g/mol. The number of benzene rings is 2. The Balaban J connectivity index is 1.80. The summed E-state index contributed by atoms with van der Waals surface area (Å²) in [6.45, 7) is 5.50. The molecule has 9 nitrogen and oxygen atoms in total. The minimum atomic E-state index is -0.500. The molecule has 0 unspecified atom stereocenters. The van der Waals surface area contributed by atoms with Crippen molar-refractivity contribution in [2.75, 3.05) is 17.7 Å². The van der Waals surface area contributed by atoms with Crippen LogP contribution in [0, 0.1) is 6.92 Å². The highest BCUT2D eigenvalue weighted by Crippen LogP contribution is 2.27. The van der Waals surface area contributed by atoms with Gasteiger partial charge in [-0.25, -0.2) is 0 Å². The average molecular weight is 482 g/mol. The van der Waals surface area contributed by atoms with Crippen LogP contribution in [0.2, 0.25) is 0 Å². The third-order valence-corrected chi connectivity index (χ3v) is 6.20. The van der Waals surface area contributed by atoms with Gasteiger partial charge in [0.15, 0.2) is 10.9 Å². The molecule has 0 aliphatic heterocycles. The van der Waals surface area contributed by atoms with Crippen LogP contribution >= 0.6 is 11.8 Å². The summed E-state index contributed by atoms with van der Waals surface area (Å²) < 4.78 is 5.19. The van der Waals surface area contributed by atoms with E-state index < -0.39 is 10.8 Å². The van der Waals surface area contributed by atoms with E-state index in [9.17, 15) is 14.4 Å². The van der Waals surface area contributed by atoms with E-state index in [2.05, 4.69) is 25.8 Å². The molecule has 2 aromatic carbocycles. The maximum absolute atomic E-state index is 12.9. The van der Waals surface area contributed by atoms with Gasteiger partial charge in [0.1, 0.15) is 5.75 Å². The average Bonchev–Trinajstić information content (AvgIpc) is 2.83. The molecule has 3 N–H and O–H groups in total. The zero-order chi connectivity index (χ0) is 24.7. The van der Waals surface area contributed by atoms with Crippen LogP contribution < -0.4 is 20.9 Å². The number of H-pyrrole nitrogens is 1. The van der Waals surface area contributed by atoms with Crippen molar-refractivity contribution in [2.24, 2.45) is 0 Å². The van der Waals surface area contributed by atoms with E-state index in [-0.39, 0.29) is 22.7 Å². The maximum Gasteiger partial charge on any atom is 0.278 e. The molecule has 178 valence electrons. The third kappa shape index (κ3) is 6.22. The van der Waals surface area contributed by atoms with Gasteiger partial charge in [0.25, 0.3) is 5.56 Å². The molecule has 10 heteroatoms. The molecule has 1 heterocycles. The van der Waals surface area contributed by atoms with Crippen LogP contribution in [-0.4, -0.2) is 39.4 Å². The predicted octanol–water partition coefficient (Wildman–Crippen LogP) is 4.01. The number of aromatic amines is 1. The second-order valence-electron chi connectivity index (χ2n) is 7.49. The van der Waals surface area contributed by atoms with Crippen LogP contribution in [0.1, 0.15) is 32.3 Å². The lowest BCUT2D eigenvalue weighted by Gasteiger charge is -2.15. The van der Waals surface area contributed by atoms with E-state index in [0.29, 0.717) is 35.5 Å². The van der Waals surface area contributed by atoms with Crippen molar-refractivity contribution >= 4 is 35.0 Å². The highest BCUT2D eigenvalue weighted by atomic mass is 32.2. The van der Waals surface area contributed by atoms with E-state index >= 15 is 0 Å². The zero-order valence-corrected chi connectivity index (χ0v) is 20.3. The largest absolute Gasteiger partial charge is 0.497 e. The van der Waals surface area contributed by atoms with Gasteiger partial charge in [-0.1, -0.05) is 43.3 Å². The highest BCUT2D eigenvalue weighted by Gasteiger charge is 2.21. The lowest BCUT2D eigenvalue weighted by molar-refractivity contribution is -0.116. The second-order valence-corrected chi connectivity index (χ2v) is 8.69. The van der Waals surface area contributed by atoms with E-state index in [1.54, 1.807) is 50.4 Å². The molecule has 34 heavy (non-hydrogen) atoms. The van der Waals surface area contributed by atoms with Gasteiger partial charge in [-0.2, -0.15) is 0 Å². The summed E-state index contributed by atoms with van der Waals surface area (Å²) in [4.78, 5) is 40.2. The lowest BCUT2D eigenvalue weighted by Crippen LogP contribution is -2.25. The normalized spacial score (nSPS) is 11.5.